The zero-order valence-electron chi connectivity index (χ0n) is 42.1. The van der Waals surface area contributed by atoms with Crippen molar-refractivity contribution in [3.63, 3.8) is 0 Å². The van der Waals surface area contributed by atoms with Crippen molar-refractivity contribution < 1.29 is 31.6 Å². The van der Waals surface area contributed by atoms with E-state index in [9.17, 15) is 47.2 Å². The third kappa shape index (κ3) is 18.7. The van der Waals surface area contributed by atoms with Crippen molar-refractivity contribution in [3.05, 3.63) is 230 Å². The Hall–Kier alpha value is -7.20. The molecule has 9 rings (SSSR count). The number of hydrogen-bond donors (Lipinski definition) is 2. The van der Waals surface area contributed by atoms with E-state index in [4.69, 9.17) is 46.4 Å². The fourth-order valence-corrected chi connectivity index (χ4v) is 10.5. The van der Waals surface area contributed by atoms with Gasteiger partial charge in [-0.1, -0.05) is 69.5 Å². The lowest BCUT2D eigenvalue weighted by atomic mass is 10.2. The van der Waals surface area contributed by atoms with E-state index < -0.39 is 34.4 Å². The minimum absolute atomic E-state index is 0.00774. The summed E-state index contributed by atoms with van der Waals surface area (Å²) in [4.78, 5) is 47.1. The maximum atomic E-state index is 12.6. The molecule has 0 aliphatic rings. The van der Waals surface area contributed by atoms with Crippen LogP contribution in [-0.4, -0.2) is 61.7 Å². The Labute approximate surface area is 492 Å². The smallest absolute Gasteiger partial charge is 0.287 e. The maximum Gasteiger partial charge on any atom is 0.287 e. The minimum Gasteiger partial charge on any atom is -0.329 e. The lowest BCUT2D eigenvalue weighted by molar-refractivity contribution is -0.385. The summed E-state index contributed by atoms with van der Waals surface area (Å²) in [5.74, 6) is 0. The number of pyridine rings is 4. The Morgan fingerprint density at radius 3 is 1.36 bits per heavy atom. The van der Waals surface area contributed by atoms with Crippen molar-refractivity contribution in [2.45, 2.75) is 69.3 Å². The van der Waals surface area contributed by atoms with Crippen molar-refractivity contribution in [1.29, 1.82) is 0 Å². The van der Waals surface area contributed by atoms with Crippen LogP contribution in [-0.2, 0) is 19.7 Å². The van der Waals surface area contributed by atoms with Gasteiger partial charge in [-0.15, -0.1) is 22.8 Å². The highest BCUT2D eigenvalue weighted by Crippen LogP contribution is 2.31. The van der Waals surface area contributed by atoms with Crippen LogP contribution in [0.3, 0.4) is 0 Å². The van der Waals surface area contributed by atoms with Gasteiger partial charge in [-0.25, -0.2) is 31.8 Å². The predicted octanol–water partition coefficient (Wildman–Crippen LogP) is 14.6. The molecule has 0 radical (unpaired) electrons. The Kier molecular flexibility index (Phi) is 23.3. The Bertz CT molecular complexity index is 3860. The van der Waals surface area contributed by atoms with Gasteiger partial charge in [0.1, 0.15) is 29.1 Å². The van der Waals surface area contributed by atoms with Crippen molar-refractivity contribution in [1.82, 2.24) is 30.1 Å². The molecule has 1 N–H and O–H groups in total. The number of nitrogens with zero attached hydrogens (tertiary/aromatic N) is 9. The van der Waals surface area contributed by atoms with Gasteiger partial charge in [0.15, 0.2) is 10.1 Å². The van der Waals surface area contributed by atoms with Gasteiger partial charge in [-0.3, -0.25) is 35.3 Å². The number of nitrogens with one attached hydrogen (secondary N) is 1. The number of thiol groups is 1. The zero-order valence-corrected chi connectivity index (χ0v) is 49.3. The van der Waals surface area contributed by atoms with Gasteiger partial charge in [0.25, 0.3) is 17.1 Å². The largest absolute Gasteiger partial charge is 0.329 e. The summed E-state index contributed by atoms with van der Waals surface area (Å²) < 4.78 is 49.8. The van der Waals surface area contributed by atoms with E-state index in [1.54, 1.807) is 50.5 Å². The summed E-state index contributed by atoms with van der Waals surface area (Å²) in [5, 5.41) is 45.2. The van der Waals surface area contributed by atoms with Crippen LogP contribution < -0.4 is 5.32 Å². The number of sulfone groups is 2. The molecule has 20 nitrogen and oxygen atoms in total. The van der Waals surface area contributed by atoms with Gasteiger partial charge in [-0.05, 0) is 160 Å². The molecule has 9 aromatic rings. The number of aromatic nitrogens is 6. The Balaban J connectivity index is 0.000000191. The first-order valence-corrected chi connectivity index (χ1v) is 29.1. The maximum absolute atomic E-state index is 12.6. The van der Waals surface area contributed by atoms with Gasteiger partial charge in [-0.2, -0.15) is 0 Å². The number of aryl methyl sites for hydroxylation is 5. The van der Waals surface area contributed by atoms with Crippen LogP contribution in [0, 0.1) is 65.0 Å². The van der Waals surface area contributed by atoms with E-state index in [0.29, 0.717) is 37.0 Å². The number of hydrogen-bond acceptors (Lipinski definition) is 20. The molecule has 0 unspecified atom stereocenters. The van der Waals surface area contributed by atoms with Crippen molar-refractivity contribution in [2.75, 3.05) is 5.32 Å². The molecule has 29 heteroatoms. The van der Waals surface area contributed by atoms with E-state index in [0.717, 1.165) is 55.0 Å². The fraction of sp³-hybridized carbons (Fsp3) is 0.0980. The van der Waals surface area contributed by atoms with E-state index in [1.807, 2.05) is 50.2 Å². The second-order valence-corrected chi connectivity index (χ2v) is 24.0. The molecule has 5 aromatic heterocycles. The van der Waals surface area contributed by atoms with Crippen LogP contribution in [0.5, 0.6) is 0 Å². The molecule has 0 saturated heterocycles. The first-order chi connectivity index (χ1) is 37.7. The average molecular weight is 1260 g/mol. The summed E-state index contributed by atoms with van der Waals surface area (Å²) in [6, 6.07) is 31.6. The second kappa shape index (κ2) is 29.3. The van der Waals surface area contributed by atoms with Crippen molar-refractivity contribution in [3.8, 4) is 0 Å². The van der Waals surface area contributed by atoms with Crippen molar-refractivity contribution >= 4 is 130 Å². The van der Waals surface area contributed by atoms with Gasteiger partial charge in [0.2, 0.25) is 24.8 Å². The highest BCUT2D eigenvalue weighted by molar-refractivity contribution is 7.99. The molecule has 0 aliphatic carbocycles. The highest BCUT2D eigenvalue weighted by atomic mass is 35.5. The second-order valence-electron chi connectivity index (χ2n) is 16.2. The normalized spacial score (nSPS) is 10.7. The molecule has 0 amide bonds. The third-order valence-electron chi connectivity index (χ3n) is 10.2. The van der Waals surface area contributed by atoms with Gasteiger partial charge in [0, 0.05) is 53.8 Å². The van der Waals surface area contributed by atoms with Crippen LogP contribution in [0.1, 0.15) is 27.9 Å². The van der Waals surface area contributed by atoms with Crippen LogP contribution in [0.4, 0.5) is 27.9 Å². The molecule has 0 bridgehead atoms. The van der Waals surface area contributed by atoms with Gasteiger partial charge < -0.3 is 5.32 Å². The average Bonchev–Trinajstić information content (AvgIpc) is 4.01. The third-order valence-corrected chi connectivity index (χ3v) is 17.1. The standard InChI is InChI=1S/C14H11ClN4O2S2.C12H9ClN2O4S.C12H9ClN2O2S.C7H7ClS.C6H6N2O2/c1-9-6-11(3-4-12(9)15)23(20,21)13-5-2-10(7-16-13)18-14-19-17-8-22-14;1-8-6-10(3-4-11(8)13)20(18,19)12-5-2-9(7-14-12)15(16)17;1-8-6-10(3-4-11(8)13)18-12-5-2-9(7-14-12)15(16)17;1-5-4-6(9)2-3-7(5)8;1-5-2-3-6(4-7-5)8(9)10/h2-8H,1H3,(H,18,19);2-7H,1H3;2-7H,1H3;2-4,9H,1H3;2-4H,1H3. The number of halogens is 4. The molecule has 0 spiro atoms. The van der Waals surface area contributed by atoms with Crippen molar-refractivity contribution in [2.24, 2.45) is 0 Å². The minimum atomic E-state index is -3.81. The van der Waals surface area contributed by atoms with E-state index in [1.165, 1.54) is 90.2 Å². The summed E-state index contributed by atoms with van der Waals surface area (Å²) in [5.41, 5.74) is 6.15. The molecule has 0 saturated carbocycles. The van der Waals surface area contributed by atoms with Crippen LogP contribution >= 0.6 is 82.1 Å². The molecule has 0 atom stereocenters. The predicted molar refractivity (Wildman–Crippen MR) is 312 cm³/mol. The van der Waals surface area contributed by atoms with Gasteiger partial charge in [0.05, 0.1) is 36.4 Å². The van der Waals surface area contributed by atoms with Crippen LogP contribution in [0.2, 0.25) is 20.1 Å². The Morgan fingerprint density at radius 1 is 0.525 bits per heavy atom. The number of rotatable bonds is 11. The van der Waals surface area contributed by atoms with Gasteiger partial charge >= 0.3 is 0 Å². The lowest BCUT2D eigenvalue weighted by Gasteiger charge is -2.07. The SMILES string of the molecule is Cc1cc(S(=O)(=O)c2ccc(Nc3nncs3)cn2)ccc1Cl.Cc1cc(S(=O)(=O)c2ccc([N+](=O)[O-])cn2)ccc1Cl.Cc1cc(S)ccc1Cl.Cc1cc(Sc2ccc([N+](=O)[O-])cn2)ccc1Cl.Cc1ccc([N+](=O)[O-])cn1. The lowest BCUT2D eigenvalue weighted by Crippen LogP contribution is -2.05. The molecule has 80 heavy (non-hydrogen) atoms. The molecule has 0 aliphatic heterocycles. The first-order valence-electron chi connectivity index (χ1n) is 22.4. The summed E-state index contributed by atoms with van der Waals surface area (Å²) in [6.07, 6.45) is 4.85. The summed E-state index contributed by atoms with van der Waals surface area (Å²) >= 11 is 30.4. The molecule has 0 fully saturated rings. The van der Waals surface area contributed by atoms with Crippen LogP contribution in [0.15, 0.2) is 186 Å². The summed E-state index contributed by atoms with van der Waals surface area (Å²) in [6.45, 7) is 9.11. The fourth-order valence-electron chi connectivity index (χ4n) is 5.95. The van der Waals surface area contributed by atoms with E-state index in [-0.39, 0.29) is 36.9 Å². The number of anilines is 2. The van der Waals surface area contributed by atoms with Crippen LogP contribution in [0.25, 0.3) is 0 Å². The zero-order chi connectivity index (χ0) is 58.9. The molecule has 414 valence electrons. The number of nitro groups is 3. The van der Waals surface area contributed by atoms with E-state index in [2.05, 4.69) is 48.1 Å². The topological polar surface area (TPSA) is 287 Å². The Morgan fingerprint density at radius 2 is 0.975 bits per heavy atom. The molecule has 5 heterocycles. The highest BCUT2D eigenvalue weighted by Gasteiger charge is 2.22. The molecular formula is C51H42Cl4N10O10S5. The molecule has 4 aromatic carbocycles. The number of benzene rings is 4. The summed E-state index contributed by atoms with van der Waals surface area (Å²) in [7, 11) is -7.49. The van der Waals surface area contributed by atoms with E-state index >= 15 is 0 Å². The quantitative estimate of drug-likeness (QED) is 0.0691. The first kappa shape index (κ1) is 63.6. The molecular weight excluding hydrogens is 1210 g/mol. The monoisotopic (exact) mass is 1250 g/mol.